The summed E-state index contributed by atoms with van der Waals surface area (Å²) < 4.78 is 42.8. The summed E-state index contributed by atoms with van der Waals surface area (Å²) in [5.41, 5.74) is -0.896. The molecule has 0 spiro atoms. The SMILES string of the molecule is CC(C)(C)OC(=O)N1CC[C@H](NC(=O)NCC#Cc2ccc(C(F)(F)F)cc2)C1. The summed E-state index contributed by atoms with van der Waals surface area (Å²) in [5, 5.41) is 5.32. The van der Waals surface area contributed by atoms with Crippen LogP contribution >= 0.6 is 0 Å². The van der Waals surface area contributed by atoms with Crippen LogP contribution < -0.4 is 10.6 Å². The maximum atomic E-state index is 12.5. The van der Waals surface area contributed by atoms with E-state index >= 15 is 0 Å². The van der Waals surface area contributed by atoms with Crippen LogP contribution in [-0.4, -0.2) is 48.3 Å². The number of benzene rings is 1. The molecule has 158 valence electrons. The summed E-state index contributed by atoms with van der Waals surface area (Å²) in [6, 6.07) is 3.86. The van der Waals surface area contributed by atoms with Gasteiger partial charge in [0.05, 0.1) is 12.1 Å². The molecule has 0 unspecified atom stereocenters. The van der Waals surface area contributed by atoms with Gasteiger partial charge in [0.15, 0.2) is 0 Å². The van der Waals surface area contributed by atoms with Gasteiger partial charge in [-0.25, -0.2) is 9.59 Å². The summed E-state index contributed by atoms with van der Waals surface area (Å²) in [4.78, 5) is 25.5. The lowest BCUT2D eigenvalue weighted by molar-refractivity contribution is -0.137. The smallest absolute Gasteiger partial charge is 0.416 e. The van der Waals surface area contributed by atoms with Gasteiger partial charge in [-0.1, -0.05) is 11.8 Å². The highest BCUT2D eigenvalue weighted by atomic mass is 19.4. The summed E-state index contributed by atoms with van der Waals surface area (Å²) in [6.45, 7) is 6.25. The van der Waals surface area contributed by atoms with Gasteiger partial charge in [-0.05, 0) is 51.5 Å². The third-order valence-electron chi connectivity index (χ3n) is 3.96. The number of hydrogen-bond acceptors (Lipinski definition) is 3. The average Bonchev–Trinajstić information content (AvgIpc) is 3.05. The molecule has 0 bridgehead atoms. The number of ether oxygens (including phenoxy) is 1. The van der Waals surface area contributed by atoms with Crippen molar-refractivity contribution in [3.8, 4) is 11.8 Å². The number of nitrogens with one attached hydrogen (secondary N) is 2. The third-order valence-corrected chi connectivity index (χ3v) is 3.96. The van der Waals surface area contributed by atoms with Gasteiger partial charge >= 0.3 is 18.3 Å². The van der Waals surface area contributed by atoms with Crippen LogP contribution in [-0.2, 0) is 10.9 Å². The molecule has 29 heavy (non-hydrogen) atoms. The van der Waals surface area contributed by atoms with Gasteiger partial charge in [0.25, 0.3) is 0 Å². The van der Waals surface area contributed by atoms with Crippen LogP contribution in [0.5, 0.6) is 0 Å². The minimum absolute atomic E-state index is 0.0371. The van der Waals surface area contributed by atoms with E-state index in [1.165, 1.54) is 12.1 Å². The Hall–Kier alpha value is -2.89. The second kappa shape index (κ2) is 9.07. The standard InChI is InChI=1S/C20H24F3N3O3/c1-19(2,3)29-18(28)26-12-10-16(13-26)25-17(27)24-11-4-5-14-6-8-15(9-7-14)20(21,22)23/h6-9,16H,10-13H2,1-3H3,(H2,24,25,27)/t16-/m0/s1. The van der Waals surface area contributed by atoms with Crippen LogP contribution in [0, 0.1) is 11.8 Å². The zero-order valence-corrected chi connectivity index (χ0v) is 16.5. The quantitative estimate of drug-likeness (QED) is 0.734. The number of likely N-dealkylation sites (tertiary alicyclic amines) is 1. The van der Waals surface area contributed by atoms with Gasteiger partial charge in [0.1, 0.15) is 5.60 Å². The first-order chi connectivity index (χ1) is 13.4. The van der Waals surface area contributed by atoms with Crippen molar-refractivity contribution in [1.29, 1.82) is 0 Å². The molecule has 1 saturated heterocycles. The molecule has 1 fully saturated rings. The van der Waals surface area contributed by atoms with Crippen molar-refractivity contribution in [2.45, 2.75) is 45.0 Å². The van der Waals surface area contributed by atoms with Crippen LogP contribution in [0.1, 0.15) is 38.3 Å². The summed E-state index contributed by atoms with van der Waals surface area (Å²) in [5.74, 6) is 5.37. The Morgan fingerprint density at radius 2 is 1.86 bits per heavy atom. The lowest BCUT2D eigenvalue weighted by Gasteiger charge is -2.24. The molecule has 1 aromatic rings. The molecule has 1 aromatic carbocycles. The Morgan fingerprint density at radius 3 is 2.45 bits per heavy atom. The molecule has 0 aromatic heterocycles. The van der Waals surface area contributed by atoms with E-state index in [0.717, 1.165) is 12.1 Å². The van der Waals surface area contributed by atoms with E-state index < -0.39 is 29.5 Å². The molecule has 1 atom stereocenters. The molecule has 1 aliphatic rings. The van der Waals surface area contributed by atoms with Crippen molar-refractivity contribution in [2.24, 2.45) is 0 Å². The zero-order valence-electron chi connectivity index (χ0n) is 16.5. The molecular formula is C20H24F3N3O3. The van der Waals surface area contributed by atoms with E-state index in [-0.39, 0.29) is 12.6 Å². The fraction of sp³-hybridized carbons (Fsp3) is 0.500. The Bertz CT molecular complexity index is 790. The molecule has 1 heterocycles. The minimum Gasteiger partial charge on any atom is -0.444 e. The van der Waals surface area contributed by atoms with Crippen LogP contribution in [0.15, 0.2) is 24.3 Å². The highest BCUT2D eigenvalue weighted by molar-refractivity contribution is 5.75. The van der Waals surface area contributed by atoms with E-state index in [1.54, 1.807) is 25.7 Å². The van der Waals surface area contributed by atoms with E-state index in [9.17, 15) is 22.8 Å². The molecule has 9 heteroatoms. The van der Waals surface area contributed by atoms with Crippen LogP contribution in [0.25, 0.3) is 0 Å². The first-order valence-corrected chi connectivity index (χ1v) is 9.12. The van der Waals surface area contributed by atoms with Crippen LogP contribution in [0.4, 0.5) is 22.8 Å². The van der Waals surface area contributed by atoms with Crippen molar-refractivity contribution >= 4 is 12.1 Å². The van der Waals surface area contributed by atoms with Crippen LogP contribution in [0.3, 0.4) is 0 Å². The number of alkyl halides is 3. The Balaban J connectivity index is 1.73. The number of amides is 3. The number of carbonyl (C=O) groups excluding carboxylic acids is 2. The molecule has 3 amide bonds. The van der Waals surface area contributed by atoms with Crippen molar-refractivity contribution < 1.29 is 27.5 Å². The monoisotopic (exact) mass is 411 g/mol. The number of hydrogen-bond donors (Lipinski definition) is 2. The highest BCUT2D eigenvalue weighted by Crippen LogP contribution is 2.28. The summed E-state index contributed by atoms with van der Waals surface area (Å²) >= 11 is 0. The largest absolute Gasteiger partial charge is 0.444 e. The number of carbonyl (C=O) groups is 2. The first-order valence-electron chi connectivity index (χ1n) is 9.12. The molecule has 0 aliphatic carbocycles. The Labute approximate surface area is 167 Å². The molecule has 2 N–H and O–H groups in total. The normalized spacial score (nSPS) is 16.6. The van der Waals surface area contributed by atoms with Gasteiger partial charge in [0, 0.05) is 24.7 Å². The molecule has 0 saturated carbocycles. The van der Waals surface area contributed by atoms with Gasteiger partial charge in [-0.2, -0.15) is 13.2 Å². The van der Waals surface area contributed by atoms with Gasteiger partial charge in [-0.15, -0.1) is 0 Å². The molecule has 6 nitrogen and oxygen atoms in total. The molecule has 2 rings (SSSR count). The number of halogens is 3. The fourth-order valence-corrected chi connectivity index (χ4v) is 2.62. The maximum absolute atomic E-state index is 12.5. The predicted octanol–water partition coefficient (Wildman–Crippen LogP) is 3.37. The second-order valence-electron chi connectivity index (χ2n) is 7.62. The topological polar surface area (TPSA) is 70.7 Å². The van der Waals surface area contributed by atoms with Crippen molar-refractivity contribution in [3.63, 3.8) is 0 Å². The molecule has 1 aliphatic heterocycles. The van der Waals surface area contributed by atoms with Crippen molar-refractivity contribution in [1.82, 2.24) is 15.5 Å². The van der Waals surface area contributed by atoms with Gasteiger partial charge in [0.2, 0.25) is 0 Å². The lowest BCUT2D eigenvalue weighted by Crippen LogP contribution is -2.44. The molecular weight excluding hydrogens is 387 g/mol. The van der Waals surface area contributed by atoms with E-state index in [1.807, 2.05) is 0 Å². The minimum atomic E-state index is -4.38. The maximum Gasteiger partial charge on any atom is 0.416 e. The zero-order chi connectivity index (χ0) is 21.7. The van der Waals surface area contributed by atoms with E-state index in [0.29, 0.717) is 25.1 Å². The third kappa shape index (κ3) is 7.56. The summed E-state index contributed by atoms with van der Waals surface area (Å²) in [7, 11) is 0. The van der Waals surface area contributed by atoms with Crippen molar-refractivity contribution in [2.75, 3.05) is 19.6 Å². The Morgan fingerprint density at radius 1 is 1.21 bits per heavy atom. The van der Waals surface area contributed by atoms with Crippen LogP contribution in [0.2, 0.25) is 0 Å². The fourth-order valence-electron chi connectivity index (χ4n) is 2.62. The number of urea groups is 1. The first kappa shape index (κ1) is 22.4. The average molecular weight is 411 g/mol. The Kier molecular flexibility index (Phi) is 7.01. The highest BCUT2D eigenvalue weighted by Gasteiger charge is 2.31. The number of nitrogens with zero attached hydrogens (tertiary/aromatic N) is 1. The van der Waals surface area contributed by atoms with Gasteiger partial charge in [-0.3, -0.25) is 0 Å². The number of rotatable bonds is 2. The summed E-state index contributed by atoms with van der Waals surface area (Å²) in [6.07, 6.45) is -4.18. The van der Waals surface area contributed by atoms with E-state index in [2.05, 4.69) is 22.5 Å². The second-order valence-corrected chi connectivity index (χ2v) is 7.62. The van der Waals surface area contributed by atoms with Crippen molar-refractivity contribution in [3.05, 3.63) is 35.4 Å². The molecule has 0 radical (unpaired) electrons. The van der Waals surface area contributed by atoms with E-state index in [4.69, 9.17) is 4.74 Å². The lowest BCUT2D eigenvalue weighted by atomic mass is 10.1. The predicted molar refractivity (Wildman–Crippen MR) is 101 cm³/mol. The van der Waals surface area contributed by atoms with Gasteiger partial charge < -0.3 is 20.3 Å².